The predicted octanol–water partition coefficient (Wildman–Crippen LogP) is 3.45. The number of nitrogens with zero attached hydrogens (tertiary/aromatic N) is 2. The van der Waals surface area contributed by atoms with Gasteiger partial charge >= 0.3 is 6.09 Å². The van der Waals surface area contributed by atoms with Gasteiger partial charge in [-0.3, -0.25) is 14.4 Å². The van der Waals surface area contributed by atoms with Crippen LogP contribution in [0.4, 0.5) is 16.2 Å². The van der Waals surface area contributed by atoms with E-state index >= 15 is 0 Å². The van der Waals surface area contributed by atoms with E-state index in [9.17, 15) is 19.2 Å². The molecule has 190 valence electrons. The van der Waals surface area contributed by atoms with Crippen LogP contribution < -0.4 is 16.0 Å². The van der Waals surface area contributed by atoms with Crippen LogP contribution in [0.15, 0.2) is 36.4 Å². The lowest BCUT2D eigenvalue weighted by molar-refractivity contribution is -0.135. The Morgan fingerprint density at radius 3 is 2.44 bits per heavy atom. The lowest BCUT2D eigenvalue weighted by Gasteiger charge is -2.24. The van der Waals surface area contributed by atoms with Crippen molar-refractivity contribution in [3.63, 3.8) is 0 Å². The molecule has 0 saturated carbocycles. The number of anilines is 2. The number of methoxy groups -OCH3 is 1. The summed E-state index contributed by atoms with van der Waals surface area (Å²) in [6, 6.07) is 11.0. The second-order valence-corrected chi connectivity index (χ2v) is 8.81. The predicted molar refractivity (Wildman–Crippen MR) is 138 cm³/mol. The topological polar surface area (TPSA) is 122 Å². The van der Waals surface area contributed by atoms with Gasteiger partial charge in [-0.15, -0.1) is 0 Å². The van der Waals surface area contributed by atoms with Gasteiger partial charge in [-0.1, -0.05) is 25.5 Å². The highest BCUT2D eigenvalue weighted by atomic mass is 16.5. The number of likely N-dealkylation sites (tertiary alicyclic amines) is 1. The van der Waals surface area contributed by atoms with Crippen LogP contribution in [0.2, 0.25) is 0 Å². The Morgan fingerprint density at radius 2 is 1.78 bits per heavy atom. The number of ether oxygens (including phenoxy) is 1. The van der Waals surface area contributed by atoms with E-state index < -0.39 is 12.1 Å². The molecule has 4 rings (SSSR count). The number of nitrogens with one attached hydrogen (secondary N) is 3. The van der Waals surface area contributed by atoms with Crippen molar-refractivity contribution in [3.05, 3.63) is 36.4 Å². The third-order valence-corrected chi connectivity index (χ3v) is 6.54. The third-order valence-electron chi connectivity index (χ3n) is 6.54. The largest absolute Gasteiger partial charge is 0.453 e. The van der Waals surface area contributed by atoms with Crippen molar-refractivity contribution in [2.24, 2.45) is 0 Å². The summed E-state index contributed by atoms with van der Waals surface area (Å²) in [6.07, 6.45) is 3.26. The molecule has 2 aromatic carbocycles. The van der Waals surface area contributed by atoms with Gasteiger partial charge in [0.05, 0.1) is 18.1 Å². The van der Waals surface area contributed by atoms with Gasteiger partial charge in [-0.25, -0.2) is 4.79 Å². The first-order valence-corrected chi connectivity index (χ1v) is 12.1. The van der Waals surface area contributed by atoms with Crippen molar-refractivity contribution in [2.45, 2.75) is 45.2 Å². The minimum atomic E-state index is -0.690. The van der Waals surface area contributed by atoms with Crippen LogP contribution in [0.25, 0.3) is 21.8 Å². The number of amides is 4. The van der Waals surface area contributed by atoms with Gasteiger partial charge in [0, 0.05) is 35.2 Å². The van der Waals surface area contributed by atoms with E-state index in [4.69, 9.17) is 0 Å². The molecular formula is C26H31N5O5. The van der Waals surface area contributed by atoms with Crippen LogP contribution in [-0.4, -0.2) is 60.0 Å². The fourth-order valence-electron chi connectivity index (χ4n) is 4.77. The summed E-state index contributed by atoms with van der Waals surface area (Å²) in [6.45, 7) is 3.17. The smallest absolute Gasteiger partial charge is 0.407 e. The summed E-state index contributed by atoms with van der Waals surface area (Å²) < 4.78 is 6.72. The maximum atomic E-state index is 13.1. The number of alkyl carbamates (subject to hydrolysis) is 1. The third kappa shape index (κ3) is 5.12. The SMILES string of the molecule is CCCCn1c2cc(NC=O)ccc2c2ccc(NC(=O)[C@@H]3CCCN3C(=O)CNC(=O)OC)cc21. The maximum absolute atomic E-state index is 13.1. The highest BCUT2D eigenvalue weighted by Gasteiger charge is 2.34. The number of benzene rings is 2. The van der Waals surface area contributed by atoms with Crippen molar-refractivity contribution in [3.8, 4) is 0 Å². The first-order chi connectivity index (χ1) is 17.5. The monoisotopic (exact) mass is 493 g/mol. The zero-order valence-electron chi connectivity index (χ0n) is 20.5. The average Bonchev–Trinajstić information content (AvgIpc) is 3.49. The van der Waals surface area contributed by atoms with Crippen molar-refractivity contribution in [1.82, 2.24) is 14.8 Å². The molecule has 0 radical (unpaired) electrons. The van der Waals surface area contributed by atoms with E-state index in [2.05, 4.69) is 32.2 Å². The number of unbranched alkanes of at least 4 members (excludes halogenated alkanes) is 1. The van der Waals surface area contributed by atoms with Gasteiger partial charge in [-0.2, -0.15) is 0 Å². The number of rotatable bonds is 9. The quantitative estimate of drug-likeness (QED) is 0.394. The number of hydrogen-bond acceptors (Lipinski definition) is 5. The first kappa shape index (κ1) is 25.0. The summed E-state index contributed by atoms with van der Waals surface area (Å²) in [7, 11) is 1.23. The summed E-state index contributed by atoms with van der Waals surface area (Å²) >= 11 is 0. The Bertz CT molecular complexity index is 1300. The molecule has 1 saturated heterocycles. The highest BCUT2D eigenvalue weighted by Crippen LogP contribution is 2.33. The Kier molecular flexibility index (Phi) is 7.72. The fraction of sp³-hybridized carbons (Fsp3) is 0.385. The zero-order valence-corrected chi connectivity index (χ0v) is 20.5. The van der Waals surface area contributed by atoms with Crippen molar-refractivity contribution >= 4 is 57.5 Å². The summed E-state index contributed by atoms with van der Waals surface area (Å²) in [4.78, 5) is 49.5. The standard InChI is InChI=1S/C26H31N5O5/c1-3-4-11-30-22-13-17(28-16-32)7-9-19(22)20-10-8-18(14-23(20)30)29-25(34)21-6-5-12-31(21)24(33)15-27-26(35)36-2/h7-10,13-14,16,21H,3-6,11-12,15H2,1-2H3,(H,27,35)(H,28,32)(H,29,34)/t21-/m0/s1. The summed E-state index contributed by atoms with van der Waals surface area (Å²) in [5.74, 6) is -0.583. The molecule has 1 atom stereocenters. The van der Waals surface area contributed by atoms with Crippen LogP contribution in [-0.2, 0) is 25.7 Å². The molecule has 3 N–H and O–H groups in total. The van der Waals surface area contributed by atoms with Gasteiger partial charge < -0.3 is 30.2 Å². The van der Waals surface area contributed by atoms with Crippen LogP contribution in [0, 0.1) is 0 Å². The van der Waals surface area contributed by atoms with Gasteiger partial charge in [0.25, 0.3) is 0 Å². The molecule has 0 spiro atoms. The number of fused-ring (bicyclic) bond motifs is 3. The molecule has 1 fully saturated rings. The van der Waals surface area contributed by atoms with E-state index in [-0.39, 0.29) is 18.4 Å². The second-order valence-electron chi connectivity index (χ2n) is 8.81. The second kappa shape index (κ2) is 11.1. The highest BCUT2D eigenvalue weighted by molar-refractivity contribution is 6.10. The van der Waals surface area contributed by atoms with Crippen molar-refractivity contribution < 1.29 is 23.9 Å². The minimum absolute atomic E-state index is 0.221. The van der Waals surface area contributed by atoms with Crippen LogP contribution in [0.1, 0.15) is 32.6 Å². The number of carbonyl (C=O) groups is 4. The van der Waals surface area contributed by atoms with Crippen LogP contribution in [0.3, 0.4) is 0 Å². The molecular weight excluding hydrogens is 462 g/mol. The molecule has 1 aliphatic heterocycles. The molecule has 4 amide bonds. The lowest BCUT2D eigenvalue weighted by Crippen LogP contribution is -2.47. The molecule has 10 heteroatoms. The Balaban J connectivity index is 1.58. The van der Waals surface area contributed by atoms with Crippen molar-refractivity contribution in [2.75, 3.05) is 30.8 Å². The Hall–Kier alpha value is -4.08. The molecule has 1 aliphatic rings. The zero-order chi connectivity index (χ0) is 25.7. The van der Waals surface area contributed by atoms with Crippen molar-refractivity contribution in [1.29, 1.82) is 0 Å². The lowest BCUT2D eigenvalue weighted by atomic mass is 10.1. The normalized spacial score (nSPS) is 15.2. The fourth-order valence-corrected chi connectivity index (χ4v) is 4.77. The number of carbonyl (C=O) groups excluding carboxylic acids is 4. The molecule has 0 unspecified atom stereocenters. The van der Waals surface area contributed by atoms with Gasteiger partial charge in [-0.05, 0) is 43.5 Å². The molecule has 1 aromatic heterocycles. The minimum Gasteiger partial charge on any atom is -0.453 e. The molecule has 36 heavy (non-hydrogen) atoms. The van der Waals surface area contributed by atoms with E-state index in [1.807, 2.05) is 36.4 Å². The number of hydrogen-bond donors (Lipinski definition) is 3. The van der Waals surface area contributed by atoms with E-state index in [0.717, 1.165) is 46.9 Å². The average molecular weight is 494 g/mol. The molecule has 10 nitrogen and oxygen atoms in total. The first-order valence-electron chi connectivity index (χ1n) is 12.1. The van der Waals surface area contributed by atoms with E-state index in [1.165, 1.54) is 12.0 Å². The molecule has 0 aliphatic carbocycles. The van der Waals surface area contributed by atoms with Crippen LogP contribution >= 0.6 is 0 Å². The number of aryl methyl sites for hydroxylation is 1. The molecule has 2 heterocycles. The van der Waals surface area contributed by atoms with Gasteiger partial charge in [0.15, 0.2) is 0 Å². The Labute approximate surface area is 208 Å². The molecule has 3 aromatic rings. The van der Waals surface area contributed by atoms with E-state index in [1.54, 1.807) is 0 Å². The van der Waals surface area contributed by atoms with Crippen LogP contribution in [0.5, 0.6) is 0 Å². The van der Waals surface area contributed by atoms with Gasteiger partial charge in [0.2, 0.25) is 18.2 Å². The number of aromatic nitrogens is 1. The summed E-state index contributed by atoms with van der Waals surface area (Å²) in [5, 5.41) is 10.2. The summed E-state index contributed by atoms with van der Waals surface area (Å²) in [5.41, 5.74) is 3.37. The maximum Gasteiger partial charge on any atom is 0.407 e. The van der Waals surface area contributed by atoms with E-state index in [0.29, 0.717) is 31.5 Å². The Morgan fingerprint density at radius 1 is 1.08 bits per heavy atom. The molecule has 0 bridgehead atoms. The van der Waals surface area contributed by atoms with Gasteiger partial charge in [0.1, 0.15) is 12.6 Å².